The summed E-state index contributed by atoms with van der Waals surface area (Å²) in [7, 11) is 0. The third-order valence-corrected chi connectivity index (χ3v) is 2.34. The first-order valence-corrected chi connectivity index (χ1v) is 3.98. The highest BCUT2D eigenvalue weighted by molar-refractivity contribution is 7.95. The smallest absolute Gasteiger partial charge is 0.321 e. The first-order valence-electron chi connectivity index (χ1n) is 3.25. The molecule has 0 saturated carbocycles. The van der Waals surface area contributed by atoms with Gasteiger partial charge in [-0.25, -0.2) is 4.31 Å². The lowest BCUT2D eigenvalue weighted by molar-refractivity contribution is -0.140. The highest BCUT2D eigenvalue weighted by Crippen LogP contribution is 2.25. The van der Waals surface area contributed by atoms with Gasteiger partial charge in [0.15, 0.2) is 0 Å². The molecule has 1 fully saturated rings. The van der Waals surface area contributed by atoms with Gasteiger partial charge in [0, 0.05) is 11.1 Å². The van der Waals surface area contributed by atoms with Gasteiger partial charge in [-0.2, -0.15) is 0 Å². The lowest BCUT2D eigenvalue weighted by Gasteiger charge is -2.13. The van der Waals surface area contributed by atoms with E-state index in [9.17, 15) is 9.70 Å². The van der Waals surface area contributed by atoms with Crippen molar-refractivity contribution in [2.75, 3.05) is 6.54 Å². The topological polar surface area (TPSA) is 70.0 Å². The molecule has 1 saturated heterocycles. The summed E-state index contributed by atoms with van der Waals surface area (Å²) in [6.07, 6.45) is 1.43. The molecule has 5 nitrogen and oxygen atoms in total. The Bertz CT molecular complexity index is 175. The molecule has 0 unspecified atom stereocenters. The molecule has 62 valence electrons. The summed E-state index contributed by atoms with van der Waals surface area (Å²) < 4.78 is 4.07. The molecule has 1 aliphatic heterocycles. The summed E-state index contributed by atoms with van der Waals surface area (Å²) in [5, 5.41) is 8.61. The molecular formula is C5H8N2O3S. The van der Waals surface area contributed by atoms with Crippen molar-refractivity contribution in [2.45, 2.75) is 18.9 Å². The molecule has 0 aromatic rings. The Kier molecular flexibility index (Phi) is 2.84. The highest BCUT2D eigenvalue weighted by Gasteiger charge is 2.31. The van der Waals surface area contributed by atoms with E-state index in [2.05, 4.69) is 4.58 Å². The first-order chi connectivity index (χ1) is 5.25. The van der Waals surface area contributed by atoms with E-state index in [-0.39, 0.29) is 0 Å². The van der Waals surface area contributed by atoms with Gasteiger partial charge in [-0.15, -0.1) is 4.91 Å². The molecule has 6 heteroatoms. The van der Waals surface area contributed by atoms with Gasteiger partial charge in [0.25, 0.3) is 0 Å². The molecule has 1 aliphatic rings. The van der Waals surface area contributed by atoms with E-state index in [4.69, 9.17) is 5.11 Å². The van der Waals surface area contributed by atoms with Crippen LogP contribution in [0, 0.1) is 4.91 Å². The van der Waals surface area contributed by atoms with E-state index in [1.165, 1.54) is 4.31 Å². The Morgan fingerprint density at radius 3 is 3.00 bits per heavy atom. The van der Waals surface area contributed by atoms with Crippen LogP contribution in [0.3, 0.4) is 0 Å². The Morgan fingerprint density at radius 1 is 1.73 bits per heavy atom. The van der Waals surface area contributed by atoms with Gasteiger partial charge in [-0.3, -0.25) is 4.79 Å². The Morgan fingerprint density at radius 2 is 2.45 bits per heavy atom. The molecule has 0 aliphatic carbocycles. The number of carboxylic acid groups (broad SMARTS) is 1. The number of aliphatic carboxylic acids is 1. The van der Waals surface area contributed by atoms with Crippen molar-refractivity contribution in [3.63, 3.8) is 0 Å². The van der Waals surface area contributed by atoms with Gasteiger partial charge in [0.2, 0.25) is 0 Å². The maximum atomic E-state index is 10.5. The zero-order valence-electron chi connectivity index (χ0n) is 5.77. The first kappa shape index (κ1) is 8.48. The number of carboxylic acids is 1. The van der Waals surface area contributed by atoms with Crippen molar-refractivity contribution in [3.05, 3.63) is 4.91 Å². The number of nitrogens with zero attached hydrogens (tertiary/aromatic N) is 2. The van der Waals surface area contributed by atoms with Gasteiger partial charge in [0.05, 0.1) is 0 Å². The zero-order chi connectivity index (χ0) is 8.27. The van der Waals surface area contributed by atoms with Crippen LogP contribution in [-0.4, -0.2) is 28.0 Å². The van der Waals surface area contributed by atoms with Crippen LogP contribution in [0.5, 0.6) is 0 Å². The van der Waals surface area contributed by atoms with E-state index < -0.39 is 12.0 Å². The predicted octanol–water partition coefficient (Wildman–Crippen LogP) is 0.865. The van der Waals surface area contributed by atoms with Gasteiger partial charge >= 0.3 is 5.97 Å². The fraction of sp³-hybridized carbons (Fsp3) is 0.800. The van der Waals surface area contributed by atoms with Crippen LogP contribution >= 0.6 is 12.1 Å². The molecule has 0 aromatic heterocycles. The van der Waals surface area contributed by atoms with Crippen molar-refractivity contribution in [3.8, 4) is 0 Å². The number of rotatable bonds is 3. The van der Waals surface area contributed by atoms with Crippen LogP contribution in [-0.2, 0) is 4.79 Å². The number of hydrogen-bond donors (Lipinski definition) is 1. The maximum absolute atomic E-state index is 10.5. The second kappa shape index (κ2) is 3.68. The van der Waals surface area contributed by atoms with Crippen molar-refractivity contribution in [1.29, 1.82) is 0 Å². The quantitative estimate of drug-likeness (QED) is 0.510. The monoisotopic (exact) mass is 176 g/mol. The van der Waals surface area contributed by atoms with Crippen LogP contribution < -0.4 is 0 Å². The normalized spacial score (nSPS) is 25.3. The maximum Gasteiger partial charge on any atom is 0.321 e. The number of hydrogen-bond acceptors (Lipinski definition) is 5. The predicted molar refractivity (Wildman–Crippen MR) is 40.7 cm³/mol. The van der Waals surface area contributed by atoms with E-state index in [1.807, 2.05) is 0 Å². The van der Waals surface area contributed by atoms with Gasteiger partial charge in [0.1, 0.15) is 18.2 Å². The summed E-state index contributed by atoms with van der Waals surface area (Å²) in [6, 6.07) is -0.530. The van der Waals surface area contributed by atoms with Gasteiger partial charge < -0.3 is 5.11 Å². The SMILES string of the molecule is O=NSN1CCC[C@H]1C(=O)O. The third kappa shape index (κ3) is 1.90. The molecule has 0 aromatic carbocycles. The molecule has 1 atom stereocenters. The Labute approximate surface area is 68.0 Å². The lowest BCUT2D eigenvalue weighted by atomic mass is 10.2. The van der Waals surface area contributed by atoms with E-state index in [1.54, 1.807) is 0 Å². The molecule has 0 amide bonds. The van der Waals surface area contributed by atoms with E-state index in [0.29, 0.717) is 25.1 Å². The number of nitroso groups, excluding NO2 is 1. The van der Waals surface area contributed by atoms with Gasteiger partial charge in [-0.05, 0) is 12.8 Å². The summed E-state index contributed by atoms with van der Waals surface area (Å²) in [5.74, 6) is -0.876. The average Bonchev–Trinajstić information content (AvgIpc) is 2.36. The fourth-order valence-corrected chi connectivity index (χ4v) is 1.73. The van der Waals surface area contributed by atoms with Crippen LogP contribution in [0.4, 0.5) is 0 Å². The van der Waals surface area contributed by atoms with Crippen LogP contribution in [0.1, 0.15) is 12.8 Å². The molecular weight excluding hydrogens is 168 g/mol. The van der Waals surface area contributed by atoms with E-state index >= 15 is 0 Å². The minimum Gasteiger partial charge on any atom is -0.480 e. The second-order valence-corrected chi connectivity index (χ2v) is 3.07. The lowest BCUT2D eigenvalue weighted by Crippen LogP contribution is -2.30. The minimum atomic E-state index is -0.876. The zero-order valence-corrected chi connectivity index (χ0v) is 6.58. The molecule has 0 spiro atoms. The Hall–Kier alpha value is -0.620. The largest absolute Gasteiger partial charge is 0.480 e. The van der Waals surface area contributed by atoms with E-state index in [0.717, 1.165) is 6.42 Å². The molecule has 1 rings (SSSR count). The van der Waals surface area contributed by atoms with Gasteiger partial charge in [-0.1, -0.05) is 0 Å². The van der Waals surface area contributed by atoms with Crippen LogP contribution in [0.2, 0.25) is 0 Å². The van der Waals surface area contributed by atoms with Crippen LogP contribution in [0.15, 0.2) is 4.58 Å². The summed E-state index contributed by atoms with van der Waals surface area (Å²) in [4.78, 5) is 20.3. The summed E-state index contributed by atoms with van der Waals surface area (Å²) in [5.41, 5.74) is 0. The summed E-state index contributed by atoms with van der Waals surface area (Å²) >= 11 is 0.697. The molecule has 1 heterocycles. The molecule has 0 radical (unpaired) electrons. The molecule has 1 N–H and O–H groups in total. The minimum absolute atomic E-state index is 0.530. The van der Waals surface area contributed by atoms with Crippen molar-refractivity contribution in [2.24, 2.45) is 4.58 Å². The Balaban J connectivity index is 2.50. The van der Waals surface area contributed by atoms with Crippen LogP contribution in [0.25, 0.3) is 0 Å². The third-order valence-electron chi connectivity index (χ3n) is 1.63. The standard InChI is InChI=1S/C5H8N2O3S/c8-5(9)4-2-1-3-7(4)11-6-10/h4H,1-3H2,(H,8,9)/t4-/m0/s1. The average molecular weight is 176 g/mol. The number of carbonyl (C=O) groups is 1. The van der Waals surface area contributed by atoms with Crippen molar-refractivity contribution < 1.29 is 9.90 Å². The highest BCUT2D eigenvalue weighted by atomic mass is 32.2. The molecule has 0 bridgehead atoms. The molecule has 11 heavy (non-hydrogen) atoms. The second-order valence-electron chi connectivity index (χ2n) is 2.29. The van der Waals surface area contributed by atoms with Crippen molar-refractivity contribution in [1.82, 2.24) is 4.31 Å². The van der Waals surface area contributed by atoms with Crippen molar-refractivity contribution >= 4 is 18.1 Å². The summed E-state index contributed by atoms with van der Waals surface area (Å²) in [6.45, 7) is 0.632. The fourth-order valence-electron chi connectivity index (χ4n) is 1.13.